The smallest absolute Gasteiger partial charge is 0.410 e. The lowest BCUT2D eigenvalue weighted by molar-refractivity contribution is 0.0240. The van der Waals surface area contributed by atoms with Crippen LogP contribution in [0.15, 0.2) is 24.3 Å². The summed E-state index contributed by atoms with van der Waals surface area (Å²) in [7, 11) is 0. The Labute approximate surface area is 129 Å². The number of rotatable bonds is 2. The molecule has 6 heteroatoms. The Morgan fingerprint density at radius 1 is 1.09 bits per heavy atom. The van der Waals surface area contributed by atoms with Crippen molar-refractivity contribution in [2.75, 3.05) is 31.1 Å². The van der Waals surface area contributed by atoms with Gasteiger partial charge in [-0.1, -0.05) is 12.1 Å². The summed E-state index contributed by atoms with van der Waals surface area (Å²) in [6.07, 6.45) is -2.75. The van der Waals surface area contributed by atoms with E-state index in [4.69, 9.17) is 4.74 Å². The summed E-state index contributed by atoms with van der Waals surface area (Å²) in [4.78, 5) is 15.7. The highest BCUT2D eigenvalue weighted by Gasteiger charge is 2.25. The summed E-state index contributed by atoms with van der Waals surface area (Å²) in [5.41, 5.74) is 0.420. The average Bonchev–Trinajstić information content (AvgIpc) is 2.46. The maximum Gasteiger partial charge on any atom is 0.410 e. The van der Waals surface area contributed by atoms with E-state index in [0.29, 0.717) is 26.2 Å². The Morgan fingerprint density at radius 3 is 2.09 bits per heavy atom. The van der Waals surface area contributed by atoms with Crippen molar-refractivity contribution in [2.45, 2.75) is 32.8 Å². The van der Waals surface area contributed by atoms with E-state index < -0.39 is 12.0 Å². The molecule has 0 saturated carbocycles. The molecule has 0 bridgehead atoms. The molecule has 1 aliphatic rings. The first kappa shape index (κ1) is 16.5. The van der Waals surface area contributed by atoms with Crippen LogP contribution < -0.4 is 4.90 Å². The van der Waals surface area contributed by atoms with Crippen LogP contribution in [0.25, 0.3) is 0 Å². The van der Waals surface area contributed by atoms with E-state index in [-0.39, 0.29) is 11.7 Å². The zero-order valence-corrected chi connectivity index (χ0v) is 13.2. The van der Waals surface area contributed by atoms with Gasteiger partial charge in [0.1, 0.15) is 5.60 Å². The molecule has 2 rings (SSSR count). The van der Waals surface area contributed by atoms with Gasteiger partial charge in [-0.25, -0.2) is 13.6 Å². The van der Waals surface area contributed by atoms with Gasteiger partial charge in [0.05, 0.1) is 0 Å². The van der Waals surface area contributed by atoms with Crippen molar-refractivity contribution in [2.24, 2.45) is 0 Å². The molecule has 1 aromatic carbocycles. The minimum Gasteiger partial charge on any atom is -0.444 e. The molecular formula is C16H22F2N2O2. The fourth-order valence-corrected chi connectivity index (χ4v) is 2.30. The number of carbonyl (C=O) groups is 1. The first-order valence-corrected chi connectivity index (χ1v) is 7.37. The Bertz CT molecular complexity index is 504. The van der Waals surface area contributed by atoms with Crippen molar-refractivity contribution in [3.05, 3.63) is 29.8 Å². The molecule has 0 unspecified atom stereocenters. The zero-order valence-electron chi connectivity index (χ0n) is 13.2. The number of benzene rings is 1. The number of halogens is 2. The van der Waals surface area contributed by atoms with Gasteiger partial charge in [-0.15, -0.1) is 0 Å². The lowest BCUT2D eigenvalue weighted by atomic mass is 10.2. The van der Waals surface area contributed by atoms with E-state index in [1.807, 2.05) is 20.8 Å². The number of nitrogens with zero attached hydrogens (tertiary/aromatic N) is 2. The molecule has 22 heavy (non-hydrogen) atoms. The predicted molar refractivity (Wildman–Crippen MR) is 81.4 cm³/mol. The topological polar surface area (TPSA) is 32.8 Å². The van der Waals surface area contributed by atoms with Crippen LogP contribution in [0.2, 0.25) is 0 Å². The molecule has 1 heterocycles. The second-order valence-electron chi connectivity index (χ2n) is 6.35. The quantitative estimate of drug-likeness (QED) is 0.835. The van der Waals surface area contributed by atoms with Gasteiger partial charge >= 0.3 is 6.09 Å². The largest absolute Gasteiger partial charge is 0.444 e. The average molecular weight is 312 g/mol. The van der Waals surface area contributed by atoms with Crippen molar-refractivity contribution in [1.82, 2.24) is 4.90 Å². The van der Waals surface area contributed by atoms with Crippen LogP contribution in [-0.2, 0) is 4.74 Å². The Hall–Kier alpha value is -1.85. The van der Waals surface area contributed by atoms with Crippen molar-refractivity contribution >= 4 is 11.8 Å². The summed E-state index contributed by atoms with van der Waals surface area (Å²) >= 11 is 0. The standard InChI is InChI=1S/C16H22F2N2O2/c1-16(2,3)22-15(21)20-10-8-19(9-11-20)13-6-4-12(5-7-13)14(17)18/h4-7,14H,8-11H2,1-3H3. The zero-order chi connectivity index (χ0) is 16.3. The van der Waals surface area contributed by atoms with Crippen LogP contribution in [0.1, 0.15) is 32.8 Å². The molecular weight excluding hydrogens is 290 g/mol. The van der Waals surface area contributed by atoms with Crippen LogP contribution in [0.4, 0.5) is 19.3 Å². The second kappa shape index (κ2) is 6.50. The molecule has 0 atom stereocenters. The predicted octanol–water partition coefficient (Wildman–Crippen LogP) is 3.68. The molecule has 1 fully saturated rings. The number of piperazine rings is 1. The molecule has 0 radical (unpaired) electrons. The number of ether oxygens (including phenoxy) is 1. The van der Waals surface area contributed by atoms with Gasteiger partial charge in [0, 0.05) is 37.4 Å². The Balaban J connectivity index is 1.90. The normalized spacial score (nSPS) is 16.1. The van der Waals surface area contributed by atoms with Crippen molar-refractivity contribution in [3.63, 3.8) is 0 Å². The van der Waals surface area contributed by atoms with Gasteiger partial charge in [-0.2, -0.15) is 0 Å². The summed E-state index contributed by atoms with van der Waals surface area (Å²) < 4.78 is 30.4. The van der Waals surface area contributed by atoms with E-state index in [1.54, 1.807) is 17.0 Å². The maximum absolute atomic E-state index is 12.5. The summed E-state index contributed by atoms with van der Waals surface area (Å²) in [6, 6.07) is 6.29. The summed E-state index contributed by atoms with van der Waals surface area (Å²) in [5, 5.41) is 0. The van der Waals surface area contributed by atoms with Crippen LogP contribution >= 0.6 is 0 Å². The highest BCUT2D eigenvalue weighted by molar-refractivity contribution is 5.68. The SMILES string of the molecule is CC(C)(C)OC(=O)N1CCN(c2ccc(C(F)F)cc2)CC1. The molecule has 1 saturated heterocycles. The van der Waals surface area contributed by atoms with Gasteiger partial charge in [0.2, 0.25) is 0 Å². The molecule has 1 amide bonds. The Kier molecular flexibility index (Phi) is 4.88. The molecule has 4 nitrogen and oxygen atoms in total. The number of hydrogen-bond donors (Lipinski definition) is 0. The van der Waals surface area contributed by atoms with E-state index in [0.717, 1.165) is 5.69 Å². The van der Waals surface area contributed by atoms with Crippen molar-refractivity contribution < 1.29 is 18.3 Å². The molecule has 1 aliphatic heterocycles. The van der Waals surface area contributed by atoms with Crippen LogP contribution in [-0.4, -0.2) is 42.8 Å². The first-order valence-electron chi connectivity index (χ1n) is 7.37. The highest BCUT2D eigenvalue weighted by atomic mass is 19.3. The first-order chi connectivity index (χ1) is 10.3. The number of amides is 1. The lowest BCUT2D eigenvalue weighted by Gasteiger charge is -2.36. The van der Waals surface area contributed by atoms with E-state index >= 15 is 0 Å². The minimum atomic E-state index is -2.45. The third kappa shape index (κ3) is 4.32. The van der Waals surface area contributed by atoms with E-state index in [9.17, 15) is 13.6 Å². The van der Waals surface area contributed by atoms with Crippen LogP contribution in [0.5, 0.6) is 0 Å². The van der Waals surface area contributed by atoms with E-state index in [1.165, 1.54) is 12.1 Å². The third-order valence-corrected chi connectivity index (χ3v) is 3.44. The van der Waals surface area contributed by atoms with E-state index in [2.05, 4.69) is 4.90 Å². The van der Waals surface area contributed by atoms with Crippen LogP contribution in [0, 0.1) is 0 Å². The number of hydrogen-bond acceptors (Lipinski definition) is 3. The number of anilines is 1. The summed E-state index contributed by atoms with van der Waals surface area (Å²) in [6.45, 7) is 7.96. The lowest BCUT2D eigenvalue weighted by Crippen LogP contribution is -2.50. The number of alkyl halides is 2. The maximum atomic E-state index is 12.5. The monoisotopic (exact) mass is 312 g/mol. The van der Waals surface area contributed by atoms with Crippen molar-refractivity contribution in [1.29, 1.82) is 0 Å². The van der Waals surface area contributed by atoms with Crippen LogP contribution in [0.3, 0.4) is 0 Å². The summed E-state index contributed by atoms with van der Waals surface area (Å²) in [5.74, 6) is 0. The fourth-order valence-electron chi connectivity index (χ4n) is 2.30. The molecule has 0 aromatic heterocycles. The van der Waals surface area contributed by atoms with Crippen molar-refractivity contribution in [3.8, 4) is 0 Å². The fraction of sp³-hybridized carbons (Fsp3) is 0.562. The molecule has 0 N–H and O–H groups in total. The highest BCUT2D eigenvalue weighted by Crippen LogP contribution is 2.23. The molecule has 122 valence electrons. The third-order valence-electron chi connectivity index (χ3n) is 3.44. The van der Waals surface area contributed by atoms with Gasteiger partial charge in [-0.3, -0.25) is 0 Å². The minimum absolute atomic E-state index is 0.0242. The van der Waals surface area contributed by atoms with Gasteiger partial charge in [-0.05, 0) is 32.9 Å². The molecule has 1 aromatic rings. The van der Waals surface area contributed by atoms with Gasteiger partial charge in [0.25, 0.3) is 6.43 Å². The number of carbonyl (C=O) groups excluding carboxylic acids is 1. The molecule has 0 aliphatic carbocycles. The van der Waals surface area contributed by atoms with Gasteiger partial charge in [0.15, 0.2) is 0 Å². The van der Waals surface area contributed by atoms with Gasteiger partial charge < -0.3 is 14.5 Å². The second-order valence-corrected chi connectivity index (χ2v) is 6.35. The Morgan fingerprint density at radius 2 is 1.64 bits per heavy atom. The molecule has 0 spiro atoms.